The summed E-state index contributed by atoms with van der Waals surface area (Å²) in [4.78, 5) is 25.6. The molecule has 1 amide bonds. The first-order chi connectivity index (χ1) is 14.5. The van der Waals surface area contributed by atoms with Gasteiger partial charge in [-0.2, -0.15) is 0 Å². The first-order valence-electron chi connectivity index (χ1n) is 9.66. The molecule has 2 N–H and O–H groups in total. The minimum absolute atomic E-state index is 0.0445. The van der Waals surface area contributed by atoms with Gasteiger partial charge in [0.1, 0.15) is 11.6 Å². The van der Waals surface area contributed by atoms with Crippen LogP contribution in [0.1, 0.15) is 11.4 Å². The number of anilines is 1. The molecule has 3 aromatic rings. The summed E-state index contributed by atoms with van der Waals surface area (Å²) in [6.07, 6.45) is 3.25. The van der Waals surface area contributed by atoms with E-state index in [2.05, 4.69) is 14.9 Å². The molecule has 154 valence electrons. The molecule has 0 bridgehead atoms. The Labute approximate surface area is 184 Å². The van der Waals surface area contributed by atoms with Gasteiger partial charge in [0.25, 0.3) is 0 Å². The summed E-state index contributed by atoms with van der Waals surface area (Å²) in [7, 11) is 0. The molecule has 30 heavy (non-hydrogen) atoms. The minimum Gasteiger partial charge on any atom is -0.383 e. The molecule has 0 aliphatic carbocycles. The van der Waals surface area contributed by atoms with Gasteiger partial charge in [-0.05, 0) is 29.8 Å². The van der Waals surface area contributed by atoms with E-state index >= 15 is 0 Å². The fraction of sp³-hybridized carbons (Fsp3) is 0.227. The predicted octanol–water partition coefficient (Wildman–Crippen LogP) is 3.88. The molecule has 2 heterocycles. The number of rotatable bonds is 4. The van der Waals surface area contributed by atoms with Crippen LogP contribution in [0.25, 0.3) is 17.0 Å². The van der Waals surface area contributed by atoms with Crippen LogP contribution in [-0.2, 0) is 11.3 Å². The van der Waals surface area contributed by atoms with E-state index in [9.17, 15) is 4.79 Å². The number of nitrogen functional groups attached to an aromatic ring is 1. The van der Waals surface area contributed by atoms with Gasteiger partial charge in [0.2, 0.25) is 5.91 Å². The Balaban J connectivity index is 1.35. The van der Waals surface area contributed by atoms with Crippen molar-refractivity contribution in [1.82, 2.24) is 19.8 Å². The van der Waals surface area contributed by atoms with Crippen LogP contribution in [0.15, 0.2) is 48.5 Å². The highest BCUT2D eigenvalue weighted by atomic mass is 35.5. The van der Waals surface area contributed by atoms with Crippen molar-refractivity contribution < 1.29 is 4.79 Å². The number of amides is 1. The summed E-state index contributed by atoms with van der Waals surface area (Å²) >= 11 is 12.2. The van der Waals surface area contributed by atoms with E-state index in [1.807, 2.05) is 35.2 Å². The van der Waals surface area contributed by atoms with E-state index in [1.54, 1.807) is 24.3 Å². The average Bonchev–Trinajstić information content (AvgIpc) is 2.75. The maximum Gasteiger partial charge on any atom is 0.246 e. The second-order valence-corrected chi connectivity index (χ2v) is 7.91. The van der Waals surface area contributed by atoms with E-state index in [-0.39, 0.29) is 5.91 Å². The Morgan fingerprint density at radius 2 is 1.80 bits per heavy atom. The van der Waals surface area contributed by atoms with Crippen LogP contribution in [0.3, 0.4) is 0 Å². The highest BCUT2D eigenvalue weighted by Gasteiger charge is 2.20. The molecule has 0 unspecified atom stereocenters. The summed E-state index contributed by atoms with van der Waals surface area (Å²) in [6.45, 7) is 3.36. The van der Waals surface area contributed by atoms with Gasteiger partial charge < -0.3 is 10.6 Å². The van der Waals surface area contributed by atoms with Gasteiger partial charge in [-0.25, -0.2) is 9.97 Å². The lowest BCUT2D eigenvalue weighted by atomic mass is 10.2. The second-order valence-electron chi connectivity index (χ2n) is 7.12. The summed E-state index contributed by atoms with van der Waals surface area (Å²) in [5.74, 6) is 1.15. The van der Waals surface area contributed by atoms with Crippen LogP contribution in [-0.4, -0.2) is 51.9 Å². The van der Waals surface area contributed by atoms with Crippen molar-refractivity contribution in [3.63, 3.8) is 0 Å². The molecular formula is C22H21Cl2N5O. The minimum atomic E-state index is -0.0445. The van der Waals surface area contributed by atoms with Gasteiger partial charge in [0.05, 0.1) is 22.1 Å². The number of para-hydroxylation sites is 1. The first-order valence-corrected chi connectivity index (χ1v) is 10.4. The highest BCUT2D eigenvalue weighted by molar-refractivity contribution is 6.42. The van der Waals surface area contributed by atoms with Gasteiger partial charge in [0, 0.05) is 37.6 Å². The zero-order chi connectivity index (χ0) is 21.1. The normalized spacial score (nSPS) is 15.2. The van der Waals surface area contributed by atoms with Crippen molar-refractivity contribution in [2.75, 3.05) is 31.9 Å². The number of hydrogen-bond donors (Lipinski definition) is 1. The smallest absolute Gasteiger partial charge is 0.246 e. The van der Waals surface area contributed by atoms with Crippen LogP contribution in [0.5, 0.6) is 0 Å². The standard InChI is InChI=1S/C22H21Cl2N5O/c23-17-6-3-4-15(21(17)24)8-9-20(30)29-12-10-28(11-13-29)14-19-26-18-7-2-1-5-16(18)22(25)27-19/h1-9H,10-14H2,(H2,25,26,27)/b9-8+. The molecule has 1 aliphatic rings. The average molecular weight is 442 g/mol. The third-order valence-electron chi connectivity index (χ3n) is 5.11. The number of carbonyl (C=O) groups is 1. The number of benzene rings is 2. The second kappa shape index (κ2) is 9.00. The third kappa shape index (κ3) is 4.56. The van der Waals surface area contributed by atoms with Gasteiger partial charge in [0.15, 0.2) is 0 Å². The van der Waals surface area contributed by atoms with E-state index in [4.69, 9.17) is 28.9 Å². The monoisotopic (exact) mass is 441 g/mol. The van der Waals surface area contributed by atoms with Crippen molar-refractivity contribution in [2.45, 2.75) is 6.54 Å². The number of carbonyl (C=O) groups excluding carboxylic acids is 1. The van der Waals surface area contributed by atoms with Crippen LogP contribution in [0.2, 0.25) is 10.0 Å². The molecule has 0 radical (unpaired) electrons. The van der Waals surface area contributed by atoms with Gasteiger partial charge in [-0.15, -0.1) is 0 Å². The van der Waals surface area contributed by atoms with E-state index < -0.39 is 0 Å². The summed E-state index contributed by atoms with van der Waals surface area (Å²) in [5.41, 5.74) is 7.65. The number of nitrogens with two attached hydrogens (primary N) is 1. The van der Waals surface area contributed by atoms with Crippen molar-refractivity contribution in [2.24, 2.45) is 0 Å². The van der Waals surface area contributed by atoms with E-state index in [0.717, 1.165) is 29.6 Å². The fourth-order valence-corrected chi connectivity index (χ4v) is 3.83. The molecule has 6 nitrogen and oxygen atoms in total. The predicted molar refractivity (Wildman–Crippen MR) is 121 cm³/mol. The summed E-state index contributed by atoms with van der Waals surface area (Å²) in [5, 5.41) is 1.78. The number of nitrogens with zero attached hydrogens (tertiary/aromatic N) is 4. The first kappa shape index (κ1) is 20.6. The Hall–Kier alpha value is -2.67. The Morgan fingerprint density at radius 3 is 2.60 bits per heavy atom. The molecule has 0 spiro atoms. The molecule has 4 rings (SSSR count). The number of hydrogen-bond acceptors (Lipinski definition) is 5. The maximum absolute atomic E-state index is 12.5. The number of halogens is 2. The van der Waals surface area contributed by atoms with E-state index in [1.165, 1.54) is 0 Å². The Morgan fingerprint density at radius 1 is 1.03 bits per heavy atom. The third-order valence-corrected chi connectivity index (χ3v) is 5.95. The number of fused-ring (bicyclic) bond motifs is 1. The molecule has 1 fully saturated rings. The topological polar surface area (TPSA) is 75.3 Å². The van der Waals surface area contributed by atoms with Crippen LogP contribution < -0.4 is 5.73 Å². The summed E-state index contributed by atoms with van der Waals surface area (Å²) in [6, 6.07) is 13.1. The molecule has 2 aromatic carbocycles. The molecule has 8 heteroatoms. The molecule has 0 atom stereocenters. The van der Waals surface area contributed by atoms with Crippen LogP contribution >= 0.6 is 23.2 Å². The Kier molecular flexibility index (Phi) is 6.18. The number of piperazine rings is 1. The van der Waals surface area contributed by atoms with Crippen molar-refractivity contribution >= 4 is 51.9 Å². The van der Waals surface area contributed by atoms with Gasteiger partial charge >= 0.3 is 0 Å². The lowest BCUT2D eigenvalue weighted by molar-refractivity contribution is -0.127. The highest BCUT2D eigenvalue weighted by Crippen LogP contribution is 2.26. The number of aromatic nitrogens is 2. The molecule has 1 saturated heterocycles. The van der Waals surface area contributed by atoms with Gasteiger partial charge in [-0.1, -0.05) is 47.5 Å². The molecular weight excluding hydrogens is 421 g/mol. The fourth-order valence-electron chi connectivity index (χ4n) is 3.46. The maximum atomic E-state index is 12.5. The van der Waals surface area contributed by atoms with Crippen molar-refractivity contribution in [3.05, 3.63) is 70.0 Å². The lowest BCUT2D eigenvalue weighted by Crippen LogP contribution is -2.48. The lowest BCUT2D eigenvalue weighted by Gasteiger charge is -2.33. The zero-order valence-electron chi connectivity index (χ0n) is 16.3. The van der Waals surface area contributed by atoms with Crippen molar-refractivity contribution in [3.8, 4) is 0 Å². The zero-order valence-corrected chi connectivity index (χ0v) is 17.8. The molecule has 1 aliphatic heterocycles. The van der Waals surface area contributed by atoms with Gasteiger partial charge in [-0.3, -0.25) is 9.69 Å². The summed E-state index contributed by atoms with van der Waals surface area (Å²) < 4.78 is 0. The quantitative estimate of drug-likeness (QED) is 0.621. The van der Waals surface area contributed by atoms with E-state index in [0.29, 0.717) is 41.3 Å². The largest absolute Gasteiger partial charge is 0.383 e. The molecule has 1 aromatic heterocycles. The SMILES string of the molecule is Nc1nc(CN2CCN(C(=O)/C=C/c3cccc(Cl)c3Cl)CC2)nc2ccccc12. The van der Waals surface area contributed by atoms with Crippen LogP contribution in [0, 0.1) is 0 Å². The van der Waals surface area contributed by atoms with Crippen LogP contribution in [0.4, 0.5) is 5.82 Å². The Bertz CT molecular complexity index is 1110. The van der Waals surface area contributed by atoms with Crippen molar-refractivity contribution in [1.29, 1.82) is 0 Å². The molecule has 0 saturated carbocycles.